The highest BCUT2D eigenvalue weighted by atomic mass is 32.2. The molecule has 0 spiro atoms. The van der Waals surface area contributed by atoms with Gasteiger partial charge in [-0.2, -0.15) is 4.31 Å². The Morgan fingerprint density at radius 1 is 1.35 bits per heavy atom. The minimum Gasteiger partial charge on any atom is -0.481 e. The van der Waals surface area contributed by atoms with Gasteiger partial charge in [0.2, 0.25) is 10.0 Å². The number of hydrogen-bond acceptors (Lipinski definition) is 3. The van der Waals surface area contributed by atoms with Gasteiger partial charge in [-0.25, -0.2) is 8.42 Å². The van der Waals surface area contributed by atoms with E-state index in [1.807, 2.05) is 0 Å². The number of aliphatic carboxylic acids is 1. The molecule has 0 saturated heterocycles. The lowest BCUT2D eigenvalue weighted by Gasteiger charge is -2.34. The summed E-state index contributed by atoms with van der Waals surface area (Å²) in [7, 11) is -3.34. The highest BCUT2D eigenvalue weighted by Gasteiger charge is 2.37. The van der Waals surface area contributed by atoms with Crippen molar-refractivity contribution in [2.45, 2.75) is 45.6 Å². The maximum atomic E-state index is 12.2. The number of sulfonamides is 1. The number of rotatable bonds is 6. The standard InChI is InChI=1S/C11H21NO4S/c1-11(2,3)12(7-6-10(13)14)17(15,16)8-9-4-5-9/h9H,4-8H2,1-3H3,(H,13,14). The molecule has 0 amide bonds. The summed E-state index contributed by atoms with van der Waals surface area (Å²) in [5.41, 5.74) is -0.566. The average molecular weight is 263 g/mol. The first kappa shape index (κ1) is 14.4. The lowest BCUT2D eigenvalue weighted by molar-refractivity contribution is -0.137. The normalized spacial score (nSPS) is 17.4. The third kappa shape index (κ3) is 4.63. The van der Waals surface area contributed by atoms with Crippen LogP contribution in [0.15, 0.2) is 0 Å². The molecule has 0 aromatic heterocycles. The van der Waals surface area contributed by atoms with Gasteiger partial charge in [-0.15, -0.1) is 0 Å². The van der Waals surface area contributed by atoms with Gasteiger partial charge in [-0.3, -0.25) is 4.79 Å². The predicted molar refractivity (Wildman–Crippen MR) is 65.2 cm³/mol. The topological polar surface area (TPSA) is 74.7 Å². The van der Waals surface area contributed by atoms with E-state index in [-0.39, 0.29) is 24.6 Å². The predicted octanol–water partition coefficient (Wildman–Crippen LogP) is 1.30. The minimum absolute atomic E-state index is 0.0495. The third-order valence-electron chi connectivity index (χ3n) is 2.76. The van der Waals surface area contributed by atoms with Crippen molar-refractivity contribution in [1.82, 2.24) is 4.31 Å². The second-order valence-corrected chi connectivity index (χ2v) is 7.55. The Balaban J connectivity index is 2.77. The molecule has 1 saturated carbocycles. The molecule has 100 valence electrons. The number of carbonyl (C=O) groups is 1. The maximum Gasteiger partial charge on any atom is 0.304 e. The van der Waals surface area contributed by atoms with Crippen LogP contribution < -0.4 is 0 Å². The molecule has 0 unspecified atom stereocenters. The Hall–Kier alpha value is -0.620. The van der Waals surface area contributed by atoms with Gasteiger partial charge in [0, 0.05) is 12.1 Å². The van der Waals surface area contributed by atoms with Crippen LogP contribution in [-0.4, -0.2) is 41.6 Å². The summed E-state index contributed by atoms with van der Waals surface area (Å²) in [6, 6.07) is 0. The van der Waals surface area contributed by atoms with E-state index in [1.165, 1.54) is 4.31 Å². The molecule has 0 bridgehead atoms. The molecule has 0 radical (unpaired) electrons. The van der Waals surface area contributed by atoms with Gasteiger partial charge in [0.1, 0.15) is 0 Å². The van der Waals surface area contributed by atoms with Crippen molar-refractivity contribution in [1.29, 1.82) is 0 Å². The lowest BCUT2D eigenvalue weighted by atomic mass is 10.1. The zero-order chi connectivity index (χ0) is 13.3. The lowest BCUT2D eigenvalue weighted by Crippen LogP contribution is -2.47. The quantitative estimate of drug-likeness (QED) is 0.784. The number of nitrogens with zero attached hydrogens (tertiary/aromatic N) is 1. The molecule has 0 aromatic carbocycles. The van der Waals surface area contributed by atoms with Crippen molar-refractivity contribution in [3.05, 3.63) is 0 Å². The Bertz CT molecular complexity index is 379. The van der Waals surface area contributed by atoms with E-state index in [0.29, 0.717) is 0 Å². The molecule has 1 N–H and O–H groups in total. The van der Waals surface area contributed by atoms with Crippen molar-refractivity contribution in [2.24, 2.45) is 5.92 Å². The van der Waals surface area contributed by atoms with E-state index in [1.54, 1.807) is 20.8 Å². The molecule has 0 aromatic rings. The largest absolute Gasteiger partial charge is 0.481 e. The second-order valence-electron chi connectivity index (χ2n) is 5.61. The van der Waals surface area contributed by atoms with Gasteiger partial charge in [0.25, 0.3) is 0 Å². The zero-order valence-electron chi connectivity index (χ0n) is 10.6. The van der Waals surface area contributed by atoms with Gasteiger partial charge in [-0.1, -0.05) is 0 Å². The average Bonchev–Trinajstić information content (AvgIpc) is 2.83. The van der Waals surface area contributed by atoms with Crippen LogP contribution in [0.4, 0.5) is 0 Å². The SMILES string of the molecule is CC(C)(C)N(CCC(=O)O)S(=O)(=O)CC1CC1. The zero-order valence-corrected chi connectivity index (χ0v) is 11.5. The van der Waals surface area contributed by atoms with E-state index in [0.717, 1.165) is 12.8 Å². The summed E-state index contributed by atoms with van der Waals surface area (Å²) in [6.07, 6.45) is 1.79. The Morgan fingerprint density at radius 2 is 1.88 bits per heavy atom. The Labute approximate surface area is 103 Å². The van der Waals surface area contributed by atoms with Crippen molar-refractivity contribution in [3.8, 4) is 0 Å². The van der Waals surface area contributed by atoms with Crippen LogP contribution in [0, 0.1) is 5.92 Å². The fourth-order valence-corrected chi connectivity index (χ4v) is 4.07. The van der Waals surface area contributed by atoms with Gasteiger partial charge in [-0.05, 0) is 39.5 Å². The first-order valence-corrected chi connectivity index (χ1v) is 7.46. The fourth-order valence-electron chi connectivity index (χ4n) is 1.76. The number of carboxylic acid groups (broad SMARTS) is 1. The van der Waals surface area contributed by atoms with Crippen LogP contribution in [0.5, 0.6) is 0 Å². The first-order chi connectivity index (χ1) is 7.63. The van der Waals surface area contributed by atoms with Crippen LogP contribution in [-0.2, 0) is 14.8 Å². The van der Waals surface area contributed by atoms with Crippen LogP contribution in [0.2, 0.25) is 0 Å². The van der Waals surface area contributed by atoms with Gasteiger partial charge >= 0.3 is 5.97 Å². The molecule has 1 fully saturated rings. The third-order valence-corrected chi connectivity index (χ3v) is 5.05. The van der Waals surface area contributed by atoms with E-state index in [2.05, 4.69) is 0 Å². The van der Waals surface area contributed by atoms with E-state index < -0.39 is 21.5 Å². The summed E-state index contributed by atoms with van der Waals surface area (Å²) in [4.78, 5) is 10.6. The molecule has 0 aliphatic heterocycles. The first-order valence-electron chi connectivity index (χ1n) is 5.85. The van der Waals surface area contributed by atoms with E-state index in [9.17, 15) is 13.2 Å². The molecule has 1 rings (SSSR count). The fraction of sp³-hybridized carbons (Fsp3) is 0.909. The second kappa shape index (κ2) is 4.94. The molecule has 0 heterocycles. The molecule has 17 heavy (non-hydrogen) atoms. The monoisotopic (exact) mass is 263 g/mol. The van der Waals surface area contributed by atoms with Crippen molar-refractivity contribution in [3.63, 3.8) is 0 Å². The highest BCUT2D eigenvalue weighted by molar-refractivity contribution is 7.89. The van der Waals surface area contributed by atoms with Crippen molar-refractivity contribution < 1.29 is 18.3 Å². The molecule has 5 nitrogen and oxygen atoms in total. The Morgan fingerprint density at radius 3 is 2.24 bits per heavy atom. The summed E-state index contributed by atoms with van der Waals surface area (Å²) >= 11 is 0. The minimum atomic E-state index is -3.34. The molecule has 1 aliphatic rings. The number of hydrogen-bond donors (Lipinski definition) is 1. The van der Waals surface area contributed by atoms with E-state index in [4.69, 9.17) is 5.11 Å². The maximum absolute atomic E-state index is 12.2. The summed E-state index contributed by atoms with van der Waals surface area (Å²) in [6.45, 7) is 5.42. The summed E-state index contributed by atoms with van der Waals surface area (Å²) < 4.78 is 25.7. The molecular weight excluding hydrogens is 242 g/mol. The van der Waals surface area contributed by atoms with Crippen LogP contribution in [0.25, 0.3) is 0 Å². The van der Waals surface area contributed by atoms with Crippen LogP contribution in [0.1, 0.15) is 40.0 Å². The highest BCUT2D eigenvalue weighted by Crippen LogP contribution is 2.32. The van der Waals surface area contributed by atoms with Crippen LogP contribution in [0.3, 0.4) is 0 Å². The van der Waals surface area contributed by atoms with Gasteiger partial charge in [0.15, 0.2) is 0 Å². The van der Waals surface area contributed by atoms with Gasteiger partial charge < -0.3 is 5.11 Å². The smallest absolute Gasteiger partial charge is 0.304 e. The summed E-state index contributed by atoms with van der Waals surface area (Å²) in [5.74, 6) is -0.542. The Kier molecular flexibility index (Phi) is 4.19. The van der Waals surface area contributed by atoms with Crippen LogP contribution >= 0.6 is 0 Å². The number of carboxylic acids is 1. The van der Waals surface area contributed by atoms with E-state index >= 15 is 0 Å². The molecular formula is C11H21NO4S. The van der Waals surface area contributed by atoms with Crippen molar-refractivity contribution >= 4 is 16.0 Å². The summed E-state index contributed by atoms with van der Waals surface area (Å²) in [5, 5.41) is 8.67. The molecule has 1 aliphatic carbocycles. The van der Waals surface area contributed by atoms with Gasteiger partial charge in [0.05, 0.1) is 12.2 Å². The molecule has 6 heteroatoms. The molecule has 0 atom stereocenters. The van der Waals surface area contributed by atoms with Crippen molar-refractivity contribution in [2.75, 3.05) is 12.3 Å².